The summed E-state index contributed by atoms with van der Waals surface area (Å²) in [5.74, 6) is 0.775. The zero-order chi connectivity index (χ0) is 9.42. The van der Waals surface area contributed by atoms with Gasteiger partial charge in [0, 0.05) is 0 Å². The highest BCUT2D eigenvalue weighted by Crippen LogP contribution is 2.31. The van der Waals surface area contributed by atoms with E-state index in [1.807, 2.05) is 12.1 Å². The molecule has 1 heterocycles. The molecule has 0 fully saturated rings. The van der Waals surface area contributed by atoms with Crippen molar-refractivity contribution in [2.45, 2.75) is 20.3 Å². The number of hydrogen-bond donors (Lipinski definition) is 0. The van der Waals surface area contributed by atoms with Gasteiger partial charge in [-0.25, -0.2) is 4.39 Å². The molecule has 0 aromatic heterocycles. The van der Waals surface area contributed by atoms with E-state index in [0.717, 1.165) is 12.0 Å². The average molecular weight is 180 g/mol. The Morgan fingerprint density at radius 1 is 1.46 bits per heavy atom. The van der Waals surface area contributed by atoms with Crippen molar-refractivity contribution in [1.29, 1.82) is 0 Å². The van der Waals surface area contributed by atoms with Gasteiger partial charge in [-0.3, -0.25) is 0 Å². The SMILES string of the molecule is Cc1ccc2c(c1F)OCC(C)C2. The van der Waals surface area contributed by atoms with Crippen LogP contribution in [0.4, 0.5) is 4.39 Å². The van der Waals surface area contributed by atoms with Gasteiger partial charge in [0.25, 0.3) is 0 Å². The monoisotopic (exact) mass is 180 g/mol. The zero-order valence-electron chi connectivity index (χ0n) is 7.93. The maximum atomic E-state index is 13.5. The Morgan fingerprint density at radius 2 is 2.23 bits per heavy atom. The Bertz CT molecular complexity index is 333. The number of aryl methyl sites for hydroxylation is 1. The molecule has 2 rings (SSSR count). The minimum Gasteiger partial charge on any atom is -0.490 e. The second-order valence-corrected chi connectivity index (χ2v) is 3.80. The number of halogens is 1. The van der Waals surface area contributed by atoms with Crippen LogP contribution in [0.15, 0.2) is 12.1 Å². The Labute approximate surface area is 77.5 Å². The zero-order valence-corrected chi connectivity index (χ0v) is 7.93. The predicted octanol–water partition coefficient (Wildman–Crippen LogP) is 2.71. The number of ether oxygens (including phenoxy) is 1. The van der Waals surface area contributed by atoms with Gasteiger partial charge in [-0.2, -0.15) is 0 Å². The van der Waals surface area contributed by atoms with Crippen molar-refractivity contribution in [2.24, 2.45) is 5.92 Å². The van der Waals surface area contributed by atoms with E-state index in [1.54, 1.807) is 6.92 Å². The Kier molecular flexibility index (Phi) is 1.98. The summed E-state index contributed by atoms with van der Waals surface area (Å²) in [6.45, 7) is 4.51. The van der Waals surface area contributed by atoms with Crippen molar-refractivity contribution in [3.05, 3.63) is 29.1 Å². The van der Waals surface area contributed by atoms with Gasteiger partial charge in [-0.1, -0.05) is 19.1 Å². The summed E-state index contributed by atoms with van der Waals surface area (Å²) < 4.78 is 18.9. The molecule has 1 unspecified atom stereocenters. The molecule has 1 nitrogen and oxygen atoms in total. The van der Waals surface area contributed by atoms with E-state index in [1.165, 1.54) is 0 Å². The highest BCUT2D eigenvalue weighted by molar-refractivity contribution is 5.40. The van der Waals surface area contributed by atoms with E-state index in [-0.39, 0.29) is 5.82 Å². The summed E-state index contributed by atoms with van der Waals surface area (Å²) in [6, 6.07) is 3.78. The fourth-order valence-corrected chi connectivity index (χ4v) is 1.67. The average Bonchev–Trinajstić information content (AvgIpc) is 2.12. The van der Waals surface area contributed by atoms with Gasteiger partial charge in [-0.15, -0.1) is 0 Å². The third kappa shape index (κ3) is 1.41. The molecule has 2 heteroatoms. The minimum atomic E-state index is -0.190. The first-order valence-electron chi connectivity index (χ1n) is 4.59. The van der Waals surface area contributed by atoms with Crippen molar-refractivity contribution in [3.63, 3.8) is 0 Å². The highest BCUT2D eigenvalue weighted by Gasteiger charge is 2.20. The molecule has 13 heavy (non-hydrogen) atoms. The highest BCUT2D eigenvalue weighted by atomic mass is 19.1. The van der Waals surface area contributed by atoms with E-state index in [9.17, 15) is 4.39 Å². The van der Waals surface area contributed by atoms with Crippen LogP contribution in [0.5, 0.6) is 5.75 Å². The summed E-state index contributed by atoms with van der Waals surface area (Å²) in [5, 5.41) is 0. The summed E-state index contributed by atoms with van der Waals surface area (Å²) in [6.07, 6.45) is 0.923. The van der Waals surface area contributed by atoms with Crippen molar-refractivity contribution >= 4 is 0 Å². The Balaban J connectivity index is 2.47. The standard InChI is InChI=1S/C11H13FO/c1-7-5-9-4-3-8(2)10(12)11(9)13-6-7/h3-4,7H,5-6H2,1-2H3. The molecule has 1 aliphatic rings. The molecule has 70 valence electrons. The van der Waals surface area contributed by atoms with Crippen LogP contribution in [-0.4, -0.2) is 6.61 Å². The largest absolute Gasteiger partial charge is 0.490 e. The van der Waals surface area contributed by atoms with Crippen LogP contribution in [0, 0.1) is 18.7 Å². The Hall–Kier alpha value is -1.05. The smallest absolute Gasteiger partial charge is 0.168 e. The molecule has 1 atom stereocenters. The number of rotatable bonds is 0. The van der Waals surface area contributed by atoms with Crippen LogP contribution < -0.4 is 4.74 Å². The van der Waals surface area contributed by atoms with Crippen molar-refractivity contribution in [2.75, 3.05) is 6.61 Å². The first-order valence-corrected chi connectivity index (χ1v) is 4.59. The lowest BCUT2D eigenvalue weighted by atomic mass is 9.97. The summed E-state index contributed by atoms with van der Waals surface area (Å²) in [4.78, 5) is 0. The van der Waals surface area contributed by atoms with Crippen LogP contribution in [-0.2, 0) is 6.42 Å². The van der Waals surface area contributed by atoms with Gasteiger partial charge in [0.1, 0.15) is 0 Å². The molecular weight excluding hydrogens is 167 g/mol. The lowest BCUT2D eigenvalue weighted by Crippen LogP contribution is -2.19. The molecular formula is C11H13FO. The van der Waals surface area contributed by atoms with Gasteiger partial charge < -0.3 is 4.74 Å². The molecule has 0 aliphatic carbocycles. The molecule has 0 radical (unpaired) electrons. The molecule has 0 bridgehead atoms. The summed E-state index contributed by atoms with van der Waals surface area (Å²) in [5.41, 5.74) is 1.66. The lowest BCUT2D eigenvalue weighted by Gasteiger charge is -2.23. The predicted molar refractivity (Wildman–Crippen MR) is 49.5 cm³/mol. The van der Waals surface area contributed by atoms with E-state index >= 15 is 0 Å². The molecule has 1 aliphatic heterocycles. The normalized spacial score (nSPS) is 20.7. The van der Waals surface area contributed by atoms with Gasteiger partial charge in [0.2, 0.25) is 0 Å². The second kappa shape index (κ2) is 3.02. The van der Waals surface area contributed by atoms with Crippen molar-refractivity contribution < 1.29 is 9.13 Å². The number of hydrogen-bond acceptors (Lipinski definition) is 1. The lowest BCUT2D eigenvalue weighted by molar-refractivity contribution is 0.222. The molecule has 1 aromatic rings. The van der Waals surface area contributed by atoms with Gasteiger partial charge >= 0.3 is 0 Å². The third-order valence-corrected chi connectivity index (χ3v) is 2.45. The van der Waals surface area contributed by atoms with Gasteiger partial charge in [0.05, 0.1) is 6.61 Å². The van der Waals surface area contributed by atoms with Crippen LogP contribution >= 0.6 is 0 Å². The van der Waals surface area contributed by atoms with Crippen LogP contribution in [0.3, 0.4) is 0 Å². The van der Waals surface area contributed by atoms with Crippen LogP contribution in [0.2, 0.25) is 0 Å². The van der Waals surface area contributed by atoms with E-state index in [0.29, 0.717) is 23.8 Å². The number of benzene rings is 1. The van der Waals surface area contributed by atoms with Gasteiger partial charge in [-0.05, 0) is 30.4 Å². The Morgan fingerprint density at radius 3 is 3.00 bits per heavy atom. The van der Waals surface area contributed by atoms with Crippen LogP contribution in [0.1, 0.15) is 18.1 Å². The van der Waals surface area contributed by atoms with E-state index in [4.69, 9.17) is 4.74 Å². The van der Waals surface area contributed by atoms with E-state index in [2.05, 4.69) is 6.92 Å². The first kappa shape index (κ1) is 8.54. The minimum absolute atomic E-state index is 0.190. The quantitative estimate of drug-likeness (QED) is 0.596. The summed E-state index contributed by atoms with van der Waals surface area (Å²) >= 11 is 0. The molecule has 0 saturated carbocycles. The number of fused-ring (bicyclic) bond motifs is 1. The second-order valence-electron chi connectivity index (χ2n) is 3.80. The van der Waals surface area contributed by atoms with Crippen molar-refractivity contribution in [1.82, 2.24) is 0 Å². The molecule has 0 amide bonds. The summed E-state index contributed by atoms with van der Waals surface area (Å²) in [7, 11) is 0. The fraction of sp³-hybridized carbons (Fsp3) is 0.455. The van der Waals surface area contributed by atoms with E-state index < -0.39 is 0 Å². The van der Waals surface area contributed by atoms with Crippen molar-refractivity contribution in [3.8, 4) is 5.75 Å². The molecule has 0 N–H and O–H groups in total. The van der Waals surface area contributed by atoms with Gasteiger partial charge in [0.15, 0.2) is 11.6 Å². The molecule has 1 aromatic carbocycles. The maximum absolute atomic E-state index is 13.5. The molecule has 0 spiro atoms. The maximum Gasteiger partial charge on any atom is 0.168 e. The third-order valence-electron chi connectivity index (χ3n) is 2.45. The van der Waals surface area contributed by atoms with Crippen LogP contribution in [0.25, 0.3) is 0 Å². The topological polar surface area (TPSA) is 9.23 Å². The fourth-order valence-electron chi connectivity index (χ4n) is 1.67. The first-order chi connectivity index (χ1) is 6.18. The molecule has 0 saturated heterocycles.